The highest BCUT2D eigenvalue weighted by molar-refractivity contribution is 5.88. The average molecular weight is 272 g/mol. The van der Waals surface area contributed by atoms with E-state index in [0.717, 1.165) is 5.69 Å². The lowest BCUT2D eigenvalue weighted by atomic mass is 10.2. The van der Waals surface area contributed by atoms with Gasteiger partial charge in [-0.15, -0.1) is 10.2 Å². The Balaban J connectivity index is 1.99. The van der Waals surface area contributed by atoms with Crippen LogP contribution in [0.2, 0.25) is 0 Å². The molecule has 8 nitrogen and oxygen atoms in total. The zero-order valence-electron chi connectivity index (χ0n) is 10.8. The maximum atomic E-state index is 11.7. The maximum absolute atomic E-state index is 11.7. The third-order valence-electron chi connectivity index (χ3n) is 2.79. The first kappa shape index (κ1) is 12.3. The molecule has 0 spiro atoms. The molecule has 0 bridgehead atoms. The molecular formula is C12H12N6O2. The van der Waals surface area contributed by atoms with Gasteiger partial charge in [-0.3, -0.25) is 0 Å². The molecule has 3 aromatic rings. The van der Waals surface area contributed by atoms with Gasteiger partial charge in [0.2, 0.25) is 0 Å². The van der Waals surface area contributed by atoms with Gasteiger partial charge in [0.25, 0.3) is 0 Å². The molecule has 0 aliphatic rings. The van der Waals surface area contributed by atoms with Gasteiger partial charge in [-0.2, -0.15) is 5.21 Å². The van der Waals surface area contributed by atoms with Crippen molar-refractivity contribution in [1.29, 1.82) is 0 Å². The molecular weight excluding hydrogens is 260 g/mol. The number of imidazole rings is 1. The van der Waals surface area contributed by atoms with Crippen LogP contribution < -0.4 is 0 Å². The SMILES string of the molecule is CCOC(=O)c1cn2c(Cc3nn[nH]n3)cccc2n1. The van der Waals surface area contributed by atoms with Crippen molar-refractivity contribution in [2.75, 3.05) is 6.61 Å². The van der Waals surface area contributed by atoms with Gasteiger partial charge in [0.1, 0.15) is 5.65 Å². The van der Waals surface area contributed by atoms with Gasteiger partial charge in [0.05, 0.1) is 13.0 Å². The number of hydrogen-bond donors (Lipinski definition) is 1. The topological polar surface area (TPSA) is 98.1 Å². The molecule has 3 rings (SSSR count). The Morgan fingerprint density at radius 2 is 2.35 bits per heavy atom. The highest BCUT2D eigenvalue weighted by Gasteiger charge is 2.13. The minimum absolute atomic E-state index is 0.285. The summed E-state index contributed by atoms with van der Waals surface area (Å²) in [5.41, 5.74) is 1.87. The van der Waals surface area contributed by atoms with E-state index >= 15 is 0 Å². The summed E-state index contributed by atoms with van der Waals surface area (Å²) in [5.74, 6) is 0.144. The summed E-state index contributed by atoms with van der Waals surface area (Å²) in [6, 6.07) is 5.61. The number of nitrogens with one attached hydrogen (secondary N) is 1. The van der Waals surface area contributed by atoms with Gasteiger partial charge in [-0.05, 0) is 19.1 Å². The predicted octanol–water partition coefficient (Wildman–Crippen LogP) is 0.615. The number of pyridine rings is 1. The molecule has 1 N–H and O–H groups in total. The Morgan fingerprint density at radius 1 is 1.45 bits per heavy atom. The minimum Gasteiger partial charge on any atom is -0.461 e. The van der Waals surface area contributed by atoms with Crippen LogP contribution in [0, 0.1) is 0 Å². The van der Waals surface area contributed by atoms with Gasteiger partial charge in [-0.1, -0.05) is 11.3 Å². The number of aromatic amines is 1. The minimum atomic E-state index is -0.429. The molecule has 0 unspecified atom stereocenters. The van der Waals surface area contributed by atoms with Crippen LogP contribution in [0.1, 0.15) is 28.9 Å². The molecule has 0 aliphatic heterocycles. The van der Waals surface area contributed by atoms with Crippen molar-refractivity contribution in [2.45, 2.75) is 13.3 Å². The fraction of sp³-hybridized carbons (Fsp3) is 0.250. The van der Waals surface area contributed by atoms with E-state index in [4.69, 9.17) is 4.74 Å². The number of hydrogen-bond acceptors (Lipinski definition) is 6. The van der Waals surface area contributed by atoms with E-state index in [2.05, 4.69) is 25.6 Å². The number of ether oxygens (including phenoxy) is 1. The van der Waals surface area contributed by atoms with E-state index in [9.17, 15) is 4.79 Å². The highest BCUT2D eigenvalue weighted by atomic mass is 16.5. The maximum Gasteiger partial charge on any atom is 0.358 e. The Labute approximate surface area is 113 Å². The molecule has 0 fully saturated rings. The monoisotopic (exact) mass is 272 g/mol. The first-order chi connectivity index (χ1) is 9.78. The molecule has 3 aromatic heterocycles. The van der Waals surface area contributed by atoms with Crippen LogP contribution in [0.15, 0.2) is 24.4 Å². The molecule has 102 valence electrons. The number of carbonyl (C=O) groups excluding carboxylic acids is 1. The summed E-state index contributed by atoms with van der Waals surface area (Å²) >= 11 is 0. The van der Waals surface area contributed by atoms with Crippen molar-refractivity contribution in [1.82, 2.24) is 30.0 Å². The van der Waals surface area contributed by atoms with Crippen molar-refractivity contribution >= 4 is 11.6 Å². The number of fused-ring (bicyclic) bond motifs is 1. The van der Waals surface area contributed by atoms with Crippen LogP contribution in [0.4, 0.5) is 0 Å². The molecule has 20 heavy (non-hydrogen) atoms. The number of aromatic nitrogens is 6. The van der Waals surface area contributed by atoms with E-state index < -0.39 is 5.97 Å². The quantitative estimate of drug-likeness (QED) is 0.699. The summed E-state index contributed by atoms with van der Waals surface area (Å²) in [6.07, 6.45) is 2.15. The molecule has 0 radical (unpaired) electrons. The third kappa shape index (κ3) is 2.22. The second-order valence-electron chi connectivity index (χ2n) is 4.10. The summed E-state index contributed by atoms with van der Waals surface area (Å²) in [5, 5.41) is 13.8. The Morgan fingerprint density at radius 3 is 3.10 bits per heavy atom. The number of carbonyl (C=O) groups is 1. The van der Waals surface area contributed by atoms with Crippen LogP contribution >= 0.6 is 0 Å². The van der Waals surface area contributed by atoms with Gasteiger partial charge in [0, 0.05) is 11.9 Å². The standard InChI is InChI=1S/C12H12N6O2/c1-2-20-12(19)9-7-18-8(4-3-5-11(18)13-9)6-10-14-16-17-15-10/h3-5,7H,2,6H2,1H3,(H,14,15,16,17). The zero-order chi connectivity index (χ0) is 13.9. The van der Waals surface area contributed by atoms with E-state index in [-0.39, 0.29) is 5.69 Å². The summed E-state index contributed by atoms with van der Waals surface area (Å²) in [7, 11) is 0. The van der Waals surface area contributed by atoms with E-state index in [0.29, 0.717) is 24.5 Å². The van der Waals surface area contributed by atoms with Gasteiger partial charge in [0.15, 0.2) is 11.5 Å². The van der Waals surface area contributed by atoms with Crippen molar-refractivity contribution in [3.05, 3.63) is 41.6 Å². The molecule has 8 heteroatoms. The molecule has 0 amide bonds. The lowest BCUT2D eigenvalue weighted by Crippen LogP contribution is -2.04. The van der Waals surface area contributed by atoms with Crippen molar-refractivity contribution in [2.24, 2.45) is 0 Å². The fourth-order valence-electron chi connectivity index (χ4n) is 1.93. The fourth-order valence-corrected chi connectivity index (χ4v) is 1.93. The van der Waals surface area contributed by atoms with Crippen molar-refractivity contribution in [3.8, 4) is 0 Å². The van der Waals surface area contributed by atoms with Gasteiger partial charge in [-0.25, -0.2) is 9.78 Å². The number of rotatable bonds is 4. The first-order valence-corrected chi connectivity index (χ1v) is 6.14. The lowest BCUT2D eigenvalue weighted by Gasteiger charge is -2.01. The molecule has 0 saturated carbocycles. The summed E-state index contributed by atoms with van der Waals surface area (Å²) in [4.78, 5) is 16.0. The van der Waals surface area contributed by atoms with E-state index in [1.807, 2.05) is 22.6 Å². The van der Waals surface area contributed by atoms with Crippen LogP contribution in [0.25, 0.3) is 5.65 Å². The lowest BCUT2D eigenvalue weighted by molar-refractivity contribution is 0.0520. The third-order valence-corrected chi connectivity index (χ3v) is 2.79. The molecule has 3 heterocycles. The molecule has 0 aliphatic carbocycles. The predicted molar refractivity (Wildman–Crippen MR) is 68.1 cm³/mol. The average Bonchev–Trinajstić information content (AvgIpc) is 3.08. The molecule has 0 atom stereocenters. The Hall–Kier alpha value is -2.77. The smallest absolute Gasteiger partial charge is 0.358 e. The second kappa shape index (κ2) is 5.08. The summed E-state index contributed by atoms with van der Waals surface area (Å²) in [6.45, 7) is 2.08. The number of nitrogens with zero attached hydrogens (tertiary/aromatic N) is 5. The Bertz CT molecular complexity index is 734. The normalized spacial score (nSPS) is 10.8. The zero-order valence-corrected chi connectivity index (χ0v) is 10.8. The first-order valence-electron chi connectivity index (χ1n) is 6.14. The molecule has 0 saturated heterocycles. The van der Waals surface area contributed by atoms with Crippen molar-refractivity contribution in [3.63, 3.8) is 0 Å². The van der Waals surface area contributed by atoms with Crippen LogP contribution in [0.5, 0.6) is 0 Å². The van der Waals surface area contributed by atoms with E-state index in [1.165, 1.54) is 0 Å². The number of H-pyrrole nitrogens is 1. The van der Waals surface area contributed by atoms with Crippen molar-refractivity contribution < 1.29 is 9.53 Å². The number of tetrazole rings is 1. The largest absolute Gasteiger partial charge is 0.461 e. The summed E-state index contributed by atoms with van der Waals surface area (Å²) < 4.78 is 6.77. The highest BCUT2D eigenvalue weighted by Crippen LogP contribution is 2.12. The van der Waals surface area contributed by atoms with Crippen LogP contribution in [-0.4, -0.2) is 42.6 Å². The van der Waals surface area contributed by atoms with Gasteiger partial charge < -0.3 is 9.14 Å². The van der Waals surface area contributed by atoms with Crippen LogP contribution in [-0.2, 0) is 11.2 Å². The van der Waals surface area contributed by atoms with Gasteiger partial charge >= 0.3 is 5.97 Å². The Kier molecular flexibility index (Phi) is 3.12. The van der Waals surface area contributed by atoms with Crippen LogP contribution in [0.3, 0.4) is 0 Å². The van der Waals surface area contributed by atoms with E-state index in [1.54, 1.807) is 13.1 Å². The molecule has 0 aromatic carbocycles. The second-order valence-corrected chi connectivity index (χ2v) is 4.10. The number of esters is 1.